The molecule has 0 aromatic heterocycles. The summed E-state index contributed by atoms with van der Waals surface area (Å²) in [5, 5.41) is 3.91. The van der Waals surface area contributed by atoms with Crippen molar-refractivity contribution in [2.45, 2.75) is 11.3 Å². The lowest BCUT2D eigenvalue weighted by molar-refractivity contribution is -0.115. The second-order valence-corrected chi connectivity index (χ2v) is 6.40. The summed E-state index contributed by atoms with van der Waals surface area (Å²) in [6.07, 6.45) is 1.96. The van der Waals surface area contributed by atoms with Gasteiger partial charge in [0.2, 0.25) is 5.91 Å². The van der Waals surface area contributed by atoms with Crippen molar-refractivity contribution in [2.75, 3.05) is 11.1 Å². The van der Waals surface area contributed by atoms with Gasteiger partial charge in [-0.1, -0.05) is 47.5 Å². The van der Waals surface area contributed by atoms with Crippen LogP contribution in [0.1, 0.15) is 5.56 Å². The van der Waals surface area contributed by atoms with Crippen LogP contribution in [-0.2, 0) is 11.2 Å². The van der Waals surface area contributed by atoms with Gasteiger partial charge in [-0.3, -0.25) is 4.79 Å². The Morgan fingerprint density at radius 2 is 1.82 bits per heavy atom. The second kappa shape index (κ2) is 8.28. The molecule has 2 aromatic carbocycles. The molecule has 114 valence electrons. The molecule has 0 atom stereocenters. The average Bonchev–Trinajstić information content (AvgIpc) is 2.50. The van der Waals surface area contributed by atoms with Gasteiger partial charge >= 0.3 is 0 Å². The van der Waals surface area contributed by atoms with Crippen molar-refractivity contribution in [2.24, 2.45) is 0 Å². The first-order valence-electron chi connectivity index (χ1n) is 6.67. The van der Waals surface area contributed by atoms with E-state index >= 15 is 0 Å². The molecule has 2 rings (SSSR count). The molecule has 0 saturated carbocycles. The van der Waals surface area contributed by atoms with Crippen molar-refractivity contribution >= 4 is 46.6 Å². The average molecular weight is 352 g/mol. The van der Waals surface area contributed by atoms with Gasteiger partial charge in [0, 0.05) is 20.7 Å². The molecule has 0 radical (unpaired) electrons. The Balaban J connectivity index is 2.11. The maximum Gasteiger partial charge on any atom is 0.228 e. The topological polar surface area (TPSA) is 29.1 Å². The van der Waals surface area contributed by atoms with E-state index in [2.05, 4.69) is 11.9 Å². The third-order valence-corrected chi connectivity index (χ3v) is 4.69. The summed E-state index contributed by atoms with van der Waals surface area (Å²) < 4.78 is 0. The number of carbonyl (C=O) groups excluding carboxylic acids is 1. The maximum absolute atomic E-state index is 12.3. The summed E-state index contributed by atoms with van der Waals surface area (Å²) in [7, 11) is 0. The first-order chi connectivity index (χ1) is 10.6. The molecular formula is C17H15Cl2NOS. The Hall–Kier alpha value is -1.42. The fraction of sp³-hybridized carbons (Fsp3) is 0.118. The molecule has 5 heteroatoms. The Morgan fingerprint density at radius 1 is 1.14 bits per heavy atom. The van der Waals surface area contributed by atoms with Crippen LogP contribution in [0.2, 0.25) is 10.0 Å². The standard InChI is InChI=1S/C17H15Cl2NOS/c1-2-10-22-16-9-4-3-8-15(16)20-17(21)11-12-13(18)6-5-7-14(12)19/h2-9H,1,10-11H2,(H,20,21). The van der Waals surface area contributed by atoms with Gasteiger partial charge in [0.1, 0.15) is 0 Å². The molecule has 2 nitrogen and oxygen atoms in total. The zero-order valence-corrected chi connectivity index (χ0v) is 14.1. The number of amides is 1. The highest BCUT2D eigenvalue weighted by Gasteiger charge is 2.12. The Morgan fingerprint density at radius 3 is 2.50 bits per heavy atom. The van der Waals surface area contributed by atoms with Gasteiger partial charge in [0.05, 0.1) is 12.1 Å². The fourth-order valence-corrected chi connectivity index (χ4v) is 3.18. The normalized spacial score (nSPS) is 10.3. The van der Waals surface area contributed by atoms with Crippen LogP contribution >= 0.6 is 35.0 Å². The third-order valence-electron chi connectivity index (χ3n) is 2.92. The minimum atomic E-state index is -0.151. The van der Waals surface area contributed by atoms with Crippen molar-refractivity contribution < 1.29 is 4.79 Å². The molecule has 0 aliphatic rings. The number of hydrogen-bond acceptors (Lipinski definition) is 2. The third kappa shape index (κ3) is 4.54. The van der Waals surface area contributed by atoms with Gasteiger partial charge in [-0.15, -0.1) is 18.3 Å². The molecule has 0 aliphatic carbocycles. The number of rotatable bonds is 6. The van der Waals surface area contributed by atoms with E-state index in [1.165, 1.54) is 0 Å². The van der Waals surface area contributed by atoms with Crippen LogP contribution < -0.4 is 5.32 Å². The zero-order valence-electron chi connectivity index (χ0n) is 11.8. The molecule has 0 bridgehead atoms. The molecule has 22 heavy (non-hydrogen) atoms. The molecule has 0 spiro atoms. The van der Waals surface area contributed by atoms with Crippen LogP contribution in [0.3, 0.4) is 0 Å². The quantitative estimate of drug-likeness (QED) is 0.553. The number of anilines is 1. The molecule has 0 heterocycles. The number of carbonyl (C=O) groups is 1. The number of para-hydroxylation sites is 1. The van der Waals surface area contributed by atoms with Gasteiger partial charge in [0.25, 0.3) is 0 Å². The number of benzene rings is 2. The van der Waals surface area contributed by atoms with Gasteiger partial charge < -0.3 is 5.32 Å². The molecule has 1 N–H and O–H groups in total. The van der Waals surface area contributed by atoms with Crippen molar-refractivity contribution in [3.63, 3.8) is 0 Å². The van der Waals surface area contributed by atoms with Crippen LogP contribution in [-0.4, -0.2) is 11.7 Å². The lowest BCUT2D eigenvalue weighted by Crippen LogP contribution is -2.15. The molecule has 1 amide bonds. The number of thioether (sulfide) groups is 1. The minimum absolute atomic E-state index is 0.138. The van der Waals surface area contributed by atoms with Gasteiger partial charge in [-0.05, 0) is 29.8 Å². The molecule has 2 aromatic rings. The monoisotopic (exact) mass is 351 g/mol. The molecular weight excluding hydrogens is 337 g/mol. The smallest absolute Gasteiger partial charge is 0.228 e. The second-order valence-electron chi connectivity index (χ2n) is 4.52. The highest BCUT2D eigenvalue weighted by atomic mass is 35.5. The van der Waals surface area contributed by atoms with E-state index in [1.54, 1.807) is 30.0 Å². The maximum atomic E-state index is 12.3. The lowest BCUT2D eigenvalue weighted by atomic mass is 10.1. The summed E-state index contributed by atoms with van der Waals surface area (Å²) in [4.78, 5) is 13.3. The van der Waals surface area contributed by atoms with Crippen molar-refractivity contribution in [3.8, 4) is 0 Å². The molecule has 0 unspecified atom stereocenters. The van der Waals surface area contributed by atoms with Crippen molar-refractivity contribution in [1.29, 1.82) is 0 Å². The summed E-state index contributed by atoms with van der Waals surface area (Å²) >= 11 is 13.8. The summed E-state index contributed by atoms with van der Waals surface area (Å²) in [6, 6.07) is 12.9. The van der Waals surface area contributed by atoms with Crippen LogP contribution in [0.4, 0.5) is 5.69 Å². The SMILES string of the molecule is C=CCSc1ccccc1NC(=O)Cc1c(Cl)cccc1Cl. The van der Waals surface area contributed by atoms with E-state index in [9.17, 15) is 4.79 Å². The van der Waals surface area contributed by atoms with E-state index in [4.69, 9.17) is 23.2 Å². The summed E-state index contributed by atoms with van der Waals surface area (Å²) in [6.45, 7) is 3.70. The van der Waals surface area contributed by atoms with Crippen LogP contribution in [0.15, 0.2) is 60.0 Å². The van der Waals surface area contributed by atoms with Gasteiger partial charge in [-0.25, -0.2) is 0 Å². The van der Waals surface area contributed by atoms with Gasteiger partial charge in [-0.2, -0.15) is 0 Å². The lowest BCUT2D eigenvalue weighted by Gasteiger charge is -2.11. The number of halogens is 2. The first-order valence-corrected chi connectivity index (χ1v) is 8.41. The van der Waals surface area contributed by atoms with Crippen molar-refractivity contribution in [3.05, 3.63) is 70.7 Å². The van der Waals surface area contributed by atoms with Crippen molar-refractivity contribution in [1.82, 2.24) is 0 Å². The molecule has 0 aliphatic heterocycles. The minimum Gasteiger partial charge on any atom is -0.325 e. The van der Waals surface area contributed by atoms with E-state index in [0.717, 1.165) is 16.3 Å². The summed E-state index contributed by atoms with van der Waals surface area (Å²) in [5.74, 6) is 0.630. The number of hydrogen-bond donors (Lipinski definition) is 1. The van der Waals surface area contributed by atoms with Crippen LogP contribution in [0, 0.1) is 0 Å². The number of nitrogens with one attached hydrogen (secondary N) is 1. The summed E-state index contributed by atoms with van der Waals surface area (Å²) in [5.41, 5.74) is 1.42. The Labute approximate surface area is 144 Å². The highest BCUT2D eigenvalue weighted by Crippen LogP contribution is 2.28. The molecule has 0 fully saturated rings. The predicted molar refractivity (Wildman–Crippen MR) is 96.2 cm³/mol. The Kier molecular flexibility index (Phi) is 6.37. The Bertz CT molecular complexity index is 668. The fourth-order valence-electron chi connectivity index (χ4n) is 1.90. The molecule has 0 saturated heterocycles. The zero-order chi connectivity index (χ0) is 15.9. The largest absolute Gasteiger partial charge is 0.325 e. The van der Waals surface area contributed by atoms with Crippen LogP contribution in [0.5, 0.6) is 0 Å². The predicted octanol–water partition coefficient (Wildman–Crippen LogP) is 5.45. The van der Waals surface area contributed by atoms with E-state index in [1.807, 2.05) is 30.3 Å². The van der Waals surface area contributed by atoms with E-state index in [-0.39, 0.29) is 12.3 Å². The van der Waals surface area contributed by atoms with Gasteiger partial charge in [0.15, 0.2) is 0 Å². The first kappa shape index (κ1) is 16.9. The highest BCUT2D eigenvalue weighted by molar-refractivity contribution is 7.99. The van der Waals surface area contributed by atoms with E-state index < -0.39 is 0 Å². The van der Waals surface area contributed by atoms with Crippen LogP contribution in [0.25, 0.3) is 0 Å². The van der Waals surface area contributed by atoms with E-state index in [0.29, 0.717) is 15.6 Å².